The molecule has 0 radical (unpaired) electrons. The first-order valence-corrected chi connectivity index (χ1v) is 6.66. The Kier molecular flexibility index (Phi) is 4.68. The van der Waals surface area contributed by atoms with Gasteiger partial charge in [0.05, 0.1) is 6.61 Å². The first kappa shape index (κ1) is 14.7. The Morgan fingerprint density at radius 1 is 1.29 bits per heavy atom. The highest BCUT2D eigenvalue weighted by molar-refractivity contribution is 5.99. The van der Waals surface area contributed by atoms with Gasteiger partial charge in [0.2, 0.25) is 0 Å². The largest absolute Gasteiger partial charge is 0.508 e. The number of phenolic OH excluding ortho intramolecular Hbond substituents is 1. The number of carbonyl (C=O) groups is 1. The number of hydrogen-bond donors (Lipinski definition) is 1. The smallest absolute Gasteiger partial charge is 0.341 e. The van der Waals surface area contributed by atoms with Crippen LogP contribution in [0.4, 0.5) is 0 Å². The molecule has 0 bridgehead atoms. The number of carbonyl (C=O) groups excluding carboxylic acids is 1. The molecule has 0 atom stereocenters. The zero-order valence-electron chi connectivity index (χ0n) is 11.8. The van der Waals surface area contributed by atoms with Crippen LogP contribution >= 0.6 is 0 Å². The summed E-state index contributed by atoms with van der Waals surface area (Å²) in [4.78, 5) is 12.1. The van der Waals surface area contributed by atoms with Gasteiger partial charge in [-0.15, -0.1) is 6.42 Å². The maximum atomic E-state index is 12.1. The summed E-state index contributed by atoms with van der Waals surface area (Å²) in [6, 6.07) is 8.25. The number of rotatable bonds is 5. The van der Waals surface area contributed by atoms with Crippen LogP contribution in [0.2, 0.25) is 0 Å². The van der Waals surface area contributed by atoms with E-state index >= 15 is 0 Å². The van der Waals surface area contributed by atoms with Crippen LogP contribution in [0.5, 0.6) is 11.5 Å². The predicted octanol–water partition coefficient (Wildman–Crippen LogP) is 3.12. The summed E-state index contributed by atoms with van der Waals surface area (Å²) in [5.41, 5.74) is 0.303. The molecule has 0 aliphatic carbocycles. The Morgan fingerprint density at radius 3 is 2.81 bits per heavy atom. The lowest BCUT2D eigenvalue weighted by atomic mass is 10.1. The van der Waals surface area contributed by atoms with E-state index in [9.17, 15) is 9.90 Å². The summed E-state index contributed by atoms with van der Waals surface area (Å²) in [6.07, 6.45) is 5.93. The van der Waals surface area contributed by atoms with Gasteiger partial charge in [-0.05, 0) is 41.5 Å². The fourth-order valence-electron chi connectivity index (χ4n) is 1.94. The van der Waals surface area contributed by atoms with Crippen LogP contribution in [0.1, 0.15) is 23.7 Å². The molecule has 4 nitrogen and oxygen atoms in total. The monoisotopic (exact) mass is 284 g/mol. The normalized spacial score (nSPS) is 10.1. The number of benzene rings is 2. The second kappa shape index (κ2) is 6.67. The summed E-state index contributed by atoms with van der Waals surface area (Å²) in [5.74, 6) is 2.42. The van der Waals surface area contributed by atoms with Crippen LogP contribution in [0.3, 0.4) is 0 Å². The molecule has 0 unspecified atom stereocenters. The van der Waals surface area contributed by atoms with E-state index in [2.05, 4.69) is 5.92 Å². The average molecular weight is 284 g/mol. The Labute approximate surface area is 123 Å². The molecule has 0 aromatic heterocycles. The summed E-state index contributed by atoms with van der Waals surface area (Å²) >= 11 is 0. The molecule has 0 saturated carbocycles. The highest BCUT2D eigenvalue weighted by Crippen LogP contribution is 2.29. The molecule has 0 saturated heterocycles. The lowest BCUT2D eigenvalue weighted by Gasteiger charge is -2.11. The number of hydrogen-bond acceptors (Lipinski definition) is 4. The van der Waals surface area contributed by atoms with E-state index in [0.29, 0.717) is 17.9 Å². The van der Waals surface area contributed by atoms with Crippen molar-refractivity contribution in [2.24, 2.45) is 0 Å². The first-order valence-electron chi connectivity index (χ1n) is 6.66. The van der Waals surface area contributed by atoms with Gasteiger partial charge < -0.3 is 14.6 Å². The second-order valence-corrected chi connectivity index (χ2v) is 4.51. The van der Waals surface area contributed by atoms with Gasteiger partial charge >= 0.3 is 5.97 Å². The van der Waals surface area contributed by atoms with Crippen molar-refractivity contribution in [1.82, 2.24) is 0 Å². The molecule has 0 fully saturated rings. The predicted molar refractivity (Wildman–Crippen MR) is 80.5 cm³/mol. The zero-order chi connectivity index (χ0) is 15.2. The van der Waals surface area contributed by atoms with E-state index in [4.69, 9.17) is 15.9 Å². The SMILES string of the molecule is C#CCOc1cc2ccc(O)cc2cc1C(=O)OCCC. The maximum absolute atomic E-state index is 12.1. The molecule has 2 aromatic carbocycles. The number of phenols is 1. The molecule has 1 N–H and O–H groups in total. The lowest BCUT2D eigenvalue weighted by molar-refractivity contribution is 0.0501. The van der Waals surface area contributed by atoms with Crippen LogP contribution < -0.4 is 4.74 Å². The Bertz CT molecular complexity index is 698. The number of fused-ring (bicyclic) bond motifs is 1. The minimum absolute atomic E-state index is 0.0671. The molecule has 108 valence electrons. The Hall–Kier alpha value is -2.67. The maximum Gasteiger partial charge on any atom is 0.341 e. The van der Waals surface area contributed by atoms with Crippen LogP contribution in [-0.2, 0) is 4.74 Å². The van der Waals surface area contributed by atoms with E-state index < -0.39 is 5.97 Å². The lowest BCUT2D eigenvalue weighted by Crippen LogP contribution is -2.09. The minimum Gasteiger partial charge on any atom is -0.508 e. The fourth-order valence-corrected chi connectivity index (χ4v) is 1.94. The third kappa shape index (κ3) is 3.46. The molecule has 21 heavy (non-hydrogen) atoms. The molecular weight excluding hydrogens is 268 g/mol. The molecule has 0 aliphatic heterocycles. The van der Waals surface area contributed by atoms with Gasteiger partial charge in [0.1, 0.15) is 23.7 Å². The van der Waals surface area contributed by atoms with Gasteiger partial charge in [0, 0.05) is 0 Å². The minimum atomic E-state index is -0.464. The number of ether oxygens (including phenoxy) is 2. The second-order valence-electron chi connectivity index (χ2n) is 4.51. The topological polar surface area (TPSA) is 55.8 Å². The van der Waals surface area contributed by atoms with E-state index in [1.54, 1.807) is 30.3 Å². The summed E-state index contributed by atoms with van der Waals surface area (Å²) in [6.45, 7) is 2.32. The van der Waals surface area contributed by atoms with Gasteiger partial charge in [0.25, 0.3) is 0 Å². The van der Waals surface area contributed by atoms with Gasteiger partial charge in [-0.2, -0.15) is 0 Å². The van der Waals surface area contributed by atoms with Crippen molar-refractivity contribution in [2.75, 3.05) is 13.2 Å². The van der Waals surface area contributed by atoms with Crippen molar-refractivity contribution in [3.05, 3.63) is 35.9 Å². The quantitative estimate of drug-likeness (QED) is 0.677. The fraction of sp³-hybridized carbons (Fsp3) is 0.235. The van der Waals surface area contributed by atoms with E-state index in [1.165, 1.54) is 0 Å². The molecule has 2 rings (SSSR count). The highest BCUT2D eigenvalue weighted by atomic mass is 16.5. The van der Waals surface area contributed by atoms with Crippen molar-refractivity contribution in [3.63, 3.8) is 0 Å². The van der Waals surface area contributed by atoms with Crippen LogP contribution in [0.25, 0.3) is 10.8 Å². The third-order valence-electron chi connectivity index (χ3n) is 2.89. The number of aromatic hydroxyl groups is 1. The number of terminal acetylenes is 1. The van der Waals surface area contributed by atoms with E-state index in [1.807, 2.05) is 6.92 Å². The summed E-state index contributed by atoms with van der Waals surface area (Å²) in [5, 5.41) is 11.1. The summed E-state index contributed by atoms with van der Waals surface area (Å²) < 4.78 is 10.6. The van der Waals surface area contributed by atoms with Crippen molar-refractivity contribution < 1.29 is 19.4 Å². The van der Waals surface area contributed by atoms with Gasteiger partial charge in [0.15, 0.2) is 0 Å². The van der Waals surface area contributed by atoms with Crippen LogP contribution in [-0.4, -0.2) is 24.3 Å². The molecular formula is C17H16O4. The molecule has 4 heteroatoms. The third-order valence-corrected chi connectivity index (χ3v) is 2.89. The van der Waals surface area contributed by atoms with Crippen molar-refractivity contribution in [1.29, 1.82) is 0 Å². The molecule has 0 spiro atoms. The van der Waals surface area contributed by atoms with Crippen molar-refractivity contribution >= 4 is 16.7 Å². The first-order chi connectivity index (χ1) is 10.2. The highest BCUT2D eigenvalue weighted by Gasteiger charge is 2.15. The van der Waals surface area contributed by atoms with Crippen molar-refractivity contribution in [3.8, 4) is 23.8 Å². The Morgan fingerprint density at radius 2 is 2.10 bits per heavy atom. The van der Waals surface area contributed by atoms with Gasteiger partial charge in [-0.25, -0.2) is 4.79 Å². The van der Waals surface area contributed by atoms with Crippen LogP contribution in [0.15, 0.2) is 30.3 Å². The number of esters is 1. The van der Waals surface area contributed by atoms with E-state index in [0.717, 1.165) is 17.2 Å². The zero-order valence-corrected chi connectivity index (χ0v) is 11.8. The van der Waals surface area contributed by atoms with Crippen molar-refractivity contribution in [2.45, 2.75) is 13.3 Å². The molecule has 0 aliphatic rings. The molecule has 2 aromatic rings. The Balaban J connectivity index is 2.47. The standard InChI is InChI=1S/C17H16O4/c1-3-7-20-16-11-12-5-6-14(18)9-13(12)10-15(16)17(19)21-8-4-2/h1,5-6,9-11,18H,4,7-8H2,2H3. The molecule has 0 heterocycles. The van der Waals surface area contributed by atoms with Gasteiger partial charge in [-0.1, -0.05) is 18.9 Å². The van der Waals surface area contributed by atoms with Crippen LogP contribution in [0, 0.1) is 12.3 Å². The average Bonchev–Trinajstić information content (AvgIpc) is 2.49. The van der Waals surface area contributed by atoms with Gasteiger partial charge in [-0.3, -0.25) is 0 Å². The molecule has 0 amide bonds. The van der Waals surface area contributed by atoms with E-state index in [-0.39, 0.29) is 12.4 Å². The summed E-state index contributed by atoms with van der Waals surface area (Å²) in [7, 11) is 0.